The number of benzene rings is 1. The lowest BCUT2D eigenvalue weighted by Gasteiger charge is -2.10. The third-order valence-corrected chi connectivity index (χ3v) is 3.82. The van der Waals surface area contributed by atoms with Crippen molar-refractivity contribution in [2.75, 3.05) is 0 Å². The number of nitrogens with two attached hydrogens (primary N) is 1. The molecule has 4 nitrogen and oxygen atoms in total. The molecule has 88 valence electrons. The van der Waals surface area contributed by atoms with Gasteiger partial charge in [0.25, 0.3) is 10.1 Å². The van der Waals surface area contributed by atoms with Crippen LogP contribution >= 0.6 is 0 Å². The van der Waals surface area contributed by atoms with Gasteiger partial charge in [-0.25, -0.2) is 8.57 Å². The zero-order valence-corrected chi connectivity index (χ0v) is 9.50. The van der Waals surface area contributed by atoms with E-state index in [2.05, 4.69) is 4.18 Å². The maximum absolute atomic E-state index is 12.8. The average molecular weight is 245 g/mol. The van der Waals surface area contributed by atoms with Crippen LogP contribution in [0.5, 0.6) is 0 Å². The van der Waals surface area contributed by atoms with E-state index in [0.717, 1.165) is 5.56 Å². The van der Waals surface area contributed by atoms with E-state index in [1.54, 1.807) is 12.1 Å². The zero-order valence-electron chi connectivity index (χ0n) is 8.68. The minimum absolute atomic E-state index is 0.0120. The molecule has 6 heteroatoms. The molecular weight excluding hydrogens is 233 g/mol. The van der Waals surface area contributed by atoms with Crippen LogP contribution < -0.4 is 5.73 Å². The monoisotopic (exact) mass is 245 g/mol. The first kappa shape index (κ1) is 11.5. The van der Waals surface area contributed by atoms with Crippen molar-refractivity contribution >= 4 is 10.1 Å². The quantitative estimate of drug-likeness (QED) is 0.639. The fourth-order valence-corrected chi connectivity index (χ4v) is 2.41. The third-order valence-electron chi connectivity index (χ3n) is 2.44. The molecule has 1 aliphatic carbocycles. The van der Waals surface area contributed by atoms with E-state index in [9.17, 15) is 12.8 Å². The molecule has 0 spiro atoms. The van der Waals surface area contributed by atoms with Crippen molar-refractivity contribution in [1.29, 1.82) is 0 Å². The number of alkyl halides is 1. The third kappa shape index (κ3) is 2.09. The molecule has 0 radical (unpaired) electrons. The summed E-state index contributed by atoms with van der Waals surface area (Å²) in [6, 6.07) is 6.09. The molecule has 2 N–H and O–H groups in total. The van der Waals surface area contributed by atoms with E-state index in [0.29, 0.717) is 0 Å². The van der Waals surface area contributed by atoms with Gasteiger partial charge in [0.2, 0.25) is 0 Å². The molecule has 0 saturated heterocycles. The molecule has 2 atom stereocenters. The first-order chi connectivity index (χ1) is 7.33. The summed E-state index contributed by atoms with van der Waals surface area (Å²) in [4.78, 5) is -0.0120. The standard InChI is InChI=1S/C10H12FNO3S/c1-7-2-4-8(5-3-7)16(13,14)15-10(12)6-9(10)11/h2-5,9H,6,12H2,1H3/t9-,10+/m0/s1. The molecule has 1 fully saturated rings. The molecule has 1 aliphatic rings. The number of hydrogen-bond acceptors (Lipinski definition) is 4. The smallest absolute Gasteiger partial charge is 0.298 e. The second-order valence-electron chi connectivity index (χ2n) is 3.98. The number of aryl methyl sites for hydroxylation is 1. The van der Waals surface area contributed by atoms with Crippen LogP contribution in [0, 0.1) is 6.92 Å². The van der Waals surface area contributed by atoms with Gasteiger partial charge in [0, 0.05) is 6.42 Å². The summed E-state index contributed by atoms with van der Waals surface area (Å²) in [5.41, 5.74) is 4.63. The Balaban J connectivity index is 2.23. The molecule has 16 heavy (non-hydrogen) atoms. The Morgan fingerprint density at radius 1 is 1.44 bits per heavy atom. The molecule has 0 heterocycles. The minimum Gasteiger partial charge on any atom is -0.300 e. The van der Waals surface area contributed by atoms with E-state index < -0.39 is 22.0 Å². The topological polar surface area (TPSA) is 69.4 Å². The minimum atomic E-state index is -3.97. The van der Waals surface area contributed by atoms with Crippen LogP contribution in [0.3, 0.4) is 0 Å². The second kappa shape index (κ2) is 3.51. The average Bonchev–Trinajstić information content (AvgIpc) is 2.72. The molecule has 1 aromatic rings. The van der Waals surface area contributed by atoms with Gasteiger partial charge in [0.1, 0.15) is 6.17 Å². The predicted molar refractivity (Wildman–Crippen MR) is 55.9 cm³/mol. The Morgan fingerprint density at radius 3 is 2.38 bits per heavy atom. The molecule has 1 saturated carbocycles. The highest BCUT2D eigenvalue weighted by Crippen LogP contribution is 2.40. The van der Waals surface area contributed by atoms with Crippen LogP contribution in [0.2, 0.25) is 0 Å². The Hall–Kier alpha value is -0.980. The number of hydrogen-bond donors (Lipinski definition) is 1. The summed E-state index contributed by atoms with van der Waals surface area (Å²) < 4.78 is 40.8. The maximum Gasteiger partial charge on any atom is 0.298 e. The molecule has 0 amide bonds. The first-order valence-corrected chi connectivity index (χ1v) is 6.20. The van der Waals surface area contributed by atoms with E-state index in [1.807, 2.05) is 6.92 Å². The zero-order chi connectivity index (χ0) is 12.0. The summed E-state index contributed by atoms with van der Waals surface area (Å²) in [6.45, 7) is 1.83. The summed E-state index contributed by atoms with van der Waals surface area (Å²) in [6.07, 6.45) is -1.49. The summed E-state index contributed by atoms with van der Waals surface area (Å²) >= 11 is 0. The Kier molecular flexibility index (Phi) is 2.52. The largest absolute Gasteiger partial charge is 0.300 e. The van der Waals surface area contributed by atoms with Gasteiger partial charge in [-0.2, -0.15) is 8.42 Å². The van der Waals surface area contributed by atoms with Crippen LogP contribution in [0.15, 0.2) is 29.2 Å². The summed E-state index contributed by atoms with van der Waals surface area (Å²) in [5, 5.41) is 0. The van der Waals surface area contributed by atoms with Gasteiger partial charge in [-0.05, 0) is 19.1 Å². The van der Waals surface area contributed by atoms with Crippen LogP contribution in [-0.4, -0.2) is 20.3 Å². The normalized spacial score (nSPS) is 29.1. The Bertz CT molecular complexity index is 499. The Labute approximate surface area is 93.3 Å². The lowest BCUT2D eigenvalue weighted by Crippen LogP contribution is -2.32. The van der Waals surface area contributed by atoms with Crippen molar-refractivity contribution < 1.29 is 17.0 Å². The van der Waals surface area contributed by atoms with Crippen molar-refractivity contribution in [3.05, 3.63) is 29.8 Å². The van der Waals surface area contributed by atoms with Gasteiger partial charge in [0.05, 0.1) is 4.90 Å². The Morgan fingerprint density at radius 2 is 1.94 bits per heavy atom. The van der Waals surface area contributed by atoms with Gasteiger partial charge in [-0.15, -0.1) is 0 Å². The summed E-state index contributed by atoms with van der Waals surface area (Å²) in [7, 11) is -3.97. The van der Waals surface area contributed by atoms with Gasteiger partial charge < -0.3 is 0 Å². The first-order valence-electron chi connectivity index (χ1n) is 4.79. The number of rotatable bonds is 3. The van der Waals surface area contributed by atoms with Crippen molar-refractivity contribution in [2.45, 2.75) is 30.1 Å². The molecular formula is C10H12FNO3S. The molecule has 0 unspecified atom stereocenters. The molecule has 0 aromatic heterocycles. The van der Waals surface area contributed by atoms with E-state index in [-0.39, 0.29) is 11.3 Å². The predicted octanol–water partition coefficient (Wildman–Crippen LogP) is 1.10. The van der Waals surface area contributed by atoms with Crippen LogP contribution in [0.1, 0.15) is 12.0 Å². The maximum atomic E-state index is 12.8. The highest BCUT2D eigenvalue weighted by atomic mass is 32.2. The molecule has 2 rings (SSSR count). The highest BCUT2D eigenvalue weighted by Gasteiger charge is 2.57. The van der Waals surface area contributed by atoms with Crippen molar-refractivity contribution in [3.8, 4) is 0 Å². The van der Waals surface area contributed by atoms with Gasteiger partial charge in [-0.3, -0.25) is 5.73 Å². The molecule has 0 aliphatic heterocycles. The van der Waals surface area contributed by atoms with Gasteiger partial charge in [0.15, 0.2) is 5.72 Å². The fraction of sp³-hybridized carbons (Fsp3) is 0.400. The summed E-state index contributed by atoms with van der Waals surface area (Å²) in [5.74, 6) is 0. The lowest BCUT2D eigenvalue weighted by atomic mass is 10.2. The van der Waals surface area contributed by atoms with Crippen LogP contribution in [0.4, 0.5) is 4.39 Å². The van der Waals surface area contributed by atoms with Crippen molar-refractivity contribution in [2.24, 2.45) is 5.73 Å². The van der Waals surface area contributed by atoms with Crippen LogP contribution in [0.25, 0.3) is 0 Å². The molecule has 0 bridgehead atoms. The van der Waals surface area contributed by atoms with E-state index in [4.69, 9.17) is 5.73 Å². The van der Waals surface area contributed by atoms with E-state index >= 15 is 0 Å². The molecule has 1 aromatic carbocycles. The number of halogens is 1. The van der Waals surface area contributed by atoms with Crippen molar-refractivity contribution in [3.63, 3.8) is 0 Å². The van der Waals surface area contributed by atoms with Crippen LogP contribution in [-0.2, 0) is 14.3 Å². The highest BCUT2D eigenvalue weighted by molar-refractivity contribution is 7.86. The lowest BCUT2D eigenvalue weighted by molar-refractivity contribution is 0.160. The van der Waals surface area contributed by atoms with Gasteiger partial charge in [-0.1, -0.05) is 17.7 Å². The van der Waals surface area contributed by atoms with E-state index in [1.165, 1.54) is 12.1 Å². The fourth-order valence-electron chi connectivity index (χ4n) is 1.26. The SMILES string of the molecule is Cc1ccc(S(=O)(=O)O[C@]2(N)C[C@@H]2F)cc1. The van der Waals surface area contributed by atoms with Crippen molar-refractivity contribution in [1.82, 2.24) is 0 Å². The second-order valence-corrected chi connectivity index (χ2v) is 5.52. The van der Waals surface area contributed by atoms with Gasteiger partial charge >= 0.3 is 0 Å².